The second kappa shape index (κ2) is 42.3. The van der Waals surface area contributed by atoms with Crippen molar-refractivity contribution in [3.8, 4) is 57.5 Å². The molecule has 4 aliphatic heterocycles. The van der Waals surface area contributed by atoms with Gasteiger partial charge in [0.05, 0.1) is 60.1 Å². The van der Waals surface area contributed by atoms with E-state index in [-0.39, 0.29) is 54.0 Å². The summed E-state index contributed by atoms with van der Waals surface area (Å²) in [5.74, 6) is 7.22. The lowest BCUT2D eigenvalue weighted by Crippen LogP contribution is -3.00. The highest BCUT2D eigenvalue weighted by molar-refractivity contribution is 6.58. The Hall–Kier alpha value is -10.0. The molecular formula is C113H147Al3N2O10. The molecule has 12 aromatic rings. The summed E-state index contributed by atoms with van der Waals surface area (Å²) in [4.78, 5) is 3.45. The molecule has 12 nitrogen and oxygen atoms in total. The van der Waals surface area contributed by atoms with E-state index in [0.29, 0.717) is 11.5 Å². The molecule has 0 radical (unpaired) electrons. The molecule has 12 aromatic carbocycles. The van der Waals surface area contributed by atoms with Crippen molar-refractivity contribution < 1.29 is 48.3 Å². The molecule has 0 fully saturated rings. The van der Waals surface area contributed by atoms with Crippen LogP contribution in [0.25, 0.3) is 0 Å². The maximum atomic E-state index is 10.3. The Bertz CT molecular complexity index is 5120. The smallest absolute Gasteiger partial charge is 0.696 e. The molecule has 16 rings (SSSR count). The topological polar surface area (TPSA) is 122 Å². The van der Waals surface area contributed by atoms with Crippen LogP contribution >= 0.6 is 0 Å². The number of anilines is 1. The highest BCUT2D eigenvalue weighted by Crippen LogP contribution is 2.53. The highest BCUT2D eigenvalue weighted by Gasteiger charge is 2.68. The summed E-state index contributed by atoms with van der Waals surface area (Å²) in [6.07, 6.45) is 0. The average Bonchev–Trinajstić information content (AvgIpc) is 0.742. The number of aromatic hydroxyl groups is 2. The van der Waals surface area contributed by atoms with Gasteiger partial charge in [0.1, 0.15) is 17.2 Å². The number of rotatable bonds is 7. The van der Waals surface area contributed by atoms with Gasteiger partial charge in [-0.3, -0.25) is 0 Å². The van der Waals surface area contributed by atoms with E-state index in [1.54, 1.807) is 0 Å². The highest BCUT2D eigenvalue weighted by atomic mass is 27.3. The van der Waals surface area contributed by atoms with E-state index in [9.17, 15) is 10.2 Å². The third kappa shape index (κ3) is 22.7. The Labute approximate surface area is 783 Å². The average molecular weight is 1770 g/mol. The lowest BCUT2D eigenvalue weighted by Gasteiger charge is -2.45. The molecule has 0 unspecified atom stereocenters. The SMILES string of the molecule is C.CN(C)c1ccccc1.C[CH2][Al]([CH2]C)[CH2]C.C[NH+](C)c1ccccc1.Cc1cc(C)c(O)c(C(C)c2cc(C)cc(C)c2O)c1.Cc1cc(C)c2c(c1)C(C)c1cc(C)cc(C)c1[O][Al-]1([O]2)[O]c2c(C)cc(C)cc2C(C)c2cc(C)cc(C)c2[O]1.Cc1cc(C)c2c(c1)C(C)c1cc(C)cc(C)c1[O][Al-]1([O]2)[O]c2c(C)cc(C)cc2C(C)c2cc(C)cc(C)c2[O]1.[H+].[HH]. The van der Waals surface area contributed by atoms with E-state index in [0.717, 1.165) is 168 Å². The quantitative estimate of drug-likeness (QED) is 0.132. The first-order chi connectivity index (χ1) is 60.0. The zero-order chi connectivity index (χ0) is 92.9. The number of aryl methyl sites for hydroxylation is 20. The van der Waals surface area contributed by atoms with Gasteiger partial charge in [-0.2, -0.15) is 0 Å². The predicted molar refractivity (Wildman–Crippen MR) is 543 cm³/mol. The Morgan fingerprint density at radius 1 is 0.320 bits per heavy atom. The zero-order valence-corrected chi connectivity index (χ0v) is 85.6. The van der Waals surface area contributed by atoms with Crippen LogP contribution < -0.4 is 40.1 Å². The van der Waals surface area contributed by atoms with Gasteiger partial charge in [-0.1, -0.05) is 292 Å². The van der Waals surface area contributed by atoms with Crippen molar-refractivity contribution in [1.82, 2.24) is 0 Å². The van der Waals surface area contributed by atoms with Crippen LogP contribution in [0.4, 0.5) is 11.4 Å². The van der Waals surface area contributed by atoms with Crippen LogP contribution in [0, 0.1) is 138 Å². The second-order valence-corrected chi connectivity index (χ2v) is 45.8. The van der Waals surface area contributed by atoms with E-state index < -0.39 is 28.8 Å². The molecule has 0 atom stereocenters. The van der Waals surface area contributed by atoms with Gasteiger partial charge in [-0.15, -0.1) is 0 Å². The molecule has 128 heavy (non-hydrogen) atoms. The van der Waals surface area contributed by atoms with Crippen LogP contribution in [-0.4, -0.2) is 81.4 Å². The van der Waals surface area contributed by atoms with Gasteiger partial charge >= 0.3 is 30.3 Å². The fourth-order valence-corrected chi connectivity index (χ4v) is 26.2. The standard InChI is InChI=1S/5C18H22O2.2C8H11N.3C2H5.CH4.3Al.H2/c5*1-10-6-12(3)17(19)15(8-10)14(5)16-9-11(2)7-13(4)18(16)20;2*1-9(2)8-6-4-3-5-7-8;3*1-2;;;;;/h5*6-9,14,19-20H,1-5H3;2*3-7H,1-2H3;3*1H2,2H3;1H4;;;;1H/q;;;;;;;;;;;;2*+3;/p-6. The number of phenolic OH excluding ortho intramolecular Hbond substituents is 2. The molecule has 0 aromatic heterocycles. The maximum Gasteiger partial charge on any atom is 1.21 e. The molecule has 15 heteroatoms. The van der Waals surface area contributed by atoms with Crippen LogP contribution in [0.15, 0.2) is 182 Å². The largest absolute Gasteiger partial charge is 1.21 e. The van der Waals surface area contributed by atoms with Crippen molar-refractivity contribution in [2.75, 3.05) is 33.1 Å². The van der Waals surface area contributed by atoms with Crippen molar-refractivity contribution in [2.24, 2.45) is 0 Å². The second-order valence-electron chi connectivity index (χ2n) is 37.4. The van der Waals surface area contributed by atoms with Crippen LogP contribution in [0.1, 0.15) is 262 Å². The first-order valence-corrected chi connectivity index (χ1v) is 52.0. The van der Waals surface area contributed by atoms with Gasteiger partial charge < -0.3 is 50.3 Å². The van der Waals surface area contributed by atoms with Crippen LogP contribution in [0.5, 0.6) is 57.5 Å². The third-order valence-corrected chi connectivity index (χ3v) is 33.3. The summed E-state index contributed by atoms with van der Waals surface area (Å²) in [7, 11) is 8.31. The zero-order valence-electron chi connectivity index (χ0n) is 83.2. The van der Waals surface area contributed by atoms with Crippen molar-refractivity contribution in [2.45, 2.75) is 247 Å². The summed E-state index contributed by atoms with van der Waals surface area (Å²) < 4.78 is 56.9. The minimum absolute atomic E-state index is 0. The molecular weight excluding hydrogens is 1630 g/mol. The van der Waals surface area contributed by atoms with Crippen LogP contribution in [0.3, 0.4) is 0 Å². The van der Waals surface area contributed by atoms with Gasteiger partial charge in [0.2, 0.25) is 0 Å². The van der Waals surface area contributed by atoms with Gasteiger partial charge in [0.15, 0.2) is 0 Å². The number of para-hydroxylation sites is 2. The summed E-state index contributed by atoms with van der Waals surface area (Å²) in [6.45, 7) is 59.7. The van der Waals surface area contributed by atoms with Crippen LogP contribution in [-0.2, 0) is 0 Å². The summed E-state index contributed by atoms with van der Waals surface area (Å²) in [5, 5.41) is 25.1. The molecule has 2 spiro atoms. The Morgan fingerprint density at radius 3 is 0.672 bits per heavy atom. The molecule has 4 aliphatic rings. The van der Waals surface area contributed by atoms with Gasteiger partial charge in [-0.05, 0) is 263 Å². The fourth-order valence-electron chi connectivity index (χ4n) is 19.0. The number of hydrogen-bond acceptors (Lipinski definition) is 11. The van der Waals surface area contributed by atoms with Crippen molar-refractivity contribution in [3.63, 3.8) is 0 Å². The number of hydrogen-bond donors (Lipinski definition) is 3. The van der Waals surface area contributed by atoms with Crippen LogP contribution in [0.2, 0.25) is 15.8 Å². The Morgan fingerprint density at radius 2 is 0.508 bits per heavy atom. The monoisotopic (exact) mass is 1770 g/mol. The predicted octanol–water partition coefficient (Wildman–Crippen LogP) is 28.5. The minimum atomic E-state index is -4.41. The number of quaternary nitrogens is 1. The first kappa shape index (κ1) is 100. The van der Waals surface area contributed by atoms with Gasteiger partial charge in [0.25, 0.3) is 14.1 Å². The molecule has 4 heterocycles. The van der Waals surface area contributed by atoms with E-state index in [4.69, 9.17) is 30.3 Å². The van der Waals surface area contributed by atoms with Crippen molar-refractivity contribution in [1.29, 1.82) is 0 Å². The molecule has 0 saturated carbocycles. The Kier molecular flexibility index (Phi) is 33.1. The number of phenols is 2. The van der Waals surface area contributed by atoms with Crippen molar-refractivity contribution >= 4 is 54.3 Å². The summed E-state index contributed by atoms with van der Waals surface area (Å²) >= 11 is -8.99. The molecule has 0 bridgehead atoms. The van der Waals surface area contributed by atoms with E-state index in [1.807, 2.05) is 97.2 Å². The molecule has 0 saturated heterocycles. The van der Waals surface area contributed by atoms with Gasteiger partial charge in [0, 0.05) is 61.9 Å². The lowest BCUT2D eigenvalue weighted by atomic mass is 9.87. The van der Waals surface area contributed by atoms with Crippen molar-refractivity contribution in [3.05, 3.63) is 349 Å². The minimum Gasteiger partial charge on any atom is -0.696 e. The van der Waals surface area contributed by atoms with E-state index in [2.05, 4.69) is 312 Å². The summed E-state index contributed by atoms with van der Waals surface area (Å²) in [6, 6.07) is 63.8. The third-order valence-electron chi connectivity index (χ3n) is 25.6. The molecule has 678 valence electrons. The molecule has 3 N–H and O–H groups in total. The number of benzene rings is 12. The number of nitrogens with one attached hydrogen (secondary N) is 1. The maximum absolute atomic E-state index is 10.3. The Balaban J connectivity index is 0.000000216. The van der Waals surface area contributed by atoms with Gasteiger partial charge in [-0.25, -0.2) is 0 Å². The molecule has 0 amide bonds. The summed E-state index contributed by atoms with van der Waals surface area (Å²) in [5.41, 5.74) is 35.3. The van der Waals surface area contributed by atoms with E-state index in [1.165, 1.54) is 76.6 Å². The first-order valence-electron chi connectivity index (χ1n) is 45.8. The number of nitrogens with zero attached hydrogens (tertiary/aromatic N) is 1. The molecule has 0 aliphatic carbocycles. The van der Waals surface area contributed by atoms with E-state index >= 15 is 0 Å². The fraction of sp³-hybridized carbons (Fsp3) is 0.363. The normalized spacial score (nSPS) is 16.9. The lowest BCUT2D eigenvalue weighted by molar-refractivity contribution is -0.786. The number of fused-ring (bicyclic) bond motifs is 8.